The SMILES string of the molecule is CC(N)(CO)C(=O)Nc1ccc(OCc2ccc(-c3ccccc3)cc2)cc1. The number of aliphatic hydroxyl groups excluding tert-OH is 1. The Kier molecular flexibility index (Phi) is 6.09. The third kappa shape index (κ3) is 4.97. The summed E-state index contributed by atoms with van der Waals surface area (Å²) in [6.07, 6.45) is 0. The second-order valence-electron chi connectivity index (χ2n) is 6.91. The zero-order valence-electron chi connectivity index (χ0n) is 15.8. The summed E-state index contributed by atoms with van der Waals surface area (Å²) in [4.78, 5) is 12.0. The van der Waals surface area contributed by atoms with Gasteiger partial charge in [0.1, 0.15) is 17.9 Å². The number of amides is 1. The molecule has 3 aromatic carbocycles. The van der Waals surface area contributed by atoms with Crippen molar-refractivity contribution >= 4 is 11.6 Å². The van der Waals surface area contributed by atoms with Gasteiger partial charge in [0, 0.05) is 5.69 Å². The molecule has 4 N–H and O–H groups in total. The molecule has 3 rings (SSSR count). The van der Waals surface area contributed by atoms with E-state index in [4.69, 9.17) is 15.6 Å². The first-order chi connectivity index (χ1) is 13.5. The van der Waals surface area contributed by atoms with Crippen LogP contribution in [-0.4, -0.2) is 23.2 Å². The Balaban J connectivity index is 1.56. The fourth-order valence-electron chi connectivity index (χ4n) is 2.57. The fourth-order valence-corrected chi connectivity index (χ4v) is 2.57. The first kappa shape index (κ1) is 19.6. The summed E-state index contributed by atoms with van der Waals surface area (Å²) in [6.45, 7) is 1.50. The molecule has 3 aromatic rings. The maximum absolute atomic E-state index is 12.0. The highest BCUT2D eigenvalue weighted by atomic mass is 16.5. The van der Waals surface area contributed by atoms with E-state index in [0.29, 0.717) is 18.0 Å². The van der Waals surface area contributed by atoms with E-state index >= 15 is 0 Å². The van der Waals surface area contributed by atoms with Crippen molar-refractivity contribution in [1.82, 2.24) is 0 Å². The Morgan fingerprint density at radius 1 is 0.964 bits per heavy atom. The molecule has 1 amide bonds. The maximum atomic E-state index is 12.0. The number of nitrogens with two attached hydrogens (primary N) is 1. The Labute approximate surface area is 164 Å². The number of nitrogens with one attached hydrogen (secondary N) is 1. The van der Waals surface area contributed by atoms with Crippen LogP contribution in [0.15, 0.2) is 78.9 Å². The van der Waals surface area contributed by atoms with Crippen LogP contribution in [0.3, 0.4) is 0 Å². The Morgan fingerprint density at radius 2 is 1.57 bits per heavy atom. The molecule has 144 valence electrons. The second kappa shape index (κ2) is 8.69. The van der Waals surface area contributed by atoms with Crippen molar-refractivity contribution < 1.29 is 14.6 Å². The molecule has 1 atom stereocenters. The molecule has 0 fully saturated rings. The van der Waals surface area contributed by atoms with Gasteiger partial charge in [0.25, 0.3) is 0 Å². The normalized spacial score (nSPS) is 12.8. The number of ether oxygens (including phenoxy) is 1. The van der Waals surface area contributed by atoms with E-state index < -0.39 is 18.1 Å². The Hall–Kier alpha value is -3.15. The average molecular weight is 376 g/mol. The van der Waals surface area contributed by atoms with Crippen LogP contribution in [0, 0.1) is 0 Å². The van der Waals surface area contributed by atoms with Gasteiger partial charge in [-0.15, -0.1) is 0 Å². The van der Waals surface area contributed by atoms with E-state index in [9.17, 15) is 4.79 Å². The third-order valence-electron chi connectivity index (χ3n) is 4.43. The molecule has 0 radical (unpaired) electrons. The highest BCUT2D eigenvalue weighted by Crippen LogP contribution is 2.21. The predicted molar refractivity (Wildman–Crippen MR) is 111 cm³/mol. The lowest BCUT2D eigenvalue weighted by atomic mass is 10.0. The highest BCUT2D eigenvalue weighted by molar-refractivity contribution is 5.97. The maximum Gasteiger partial charge on any atom is 0.246 e. The van der Waals surface area contributed by atoms with E-state index in [1.54, 1.807) is 24.3 Å². The van der Waals surface area contributed by atoms with Crippen molar-refractivity contribution in [2.75, 3.05) is 11.9 Å². The Bertz CT molecular complexity index is 905. The van der Waals surface area contributed by atoms with Crippen molar-refractivity contribution in [3.05, 3.63) is 84.4 Å². The molecule has 5 heteroatoms. The van der Waals surface area contributed by atoms with Gasteiger partial charge >= 0.3 is 0 Å². The van der Waals surface area contributed by atoms with Gasteiger partial charge in [0.15, 0.2) is 0 Å². The number of hydrogen-bond donors (Lipinski definition) is 3. The van der Waals surface area contributed by atoms with E-state index in [1.165, 1.54) is 18.1 Å². The first-order valence-corrected chi connectivity index (χ1v) is 9.06. The lowest BCUT2D eigenvalue weighted by molar-refractivity contribution is -0.121. The molecule has 0 aromatic heterocycles. The summed E-state index contributed by atoms with van der Waals surface area (Å²) in [6, 6.07) is 25.5. The van der Waals surface area contributed by atoms with E-state index in [-0.39, 0.29) is 0 Å². The molecule has 0 saturated heterocycles. The number of benzene rings is 3. The van der Waals surface area contributed by atoms with Gasteiger partial charge in [-0.3, -0.25) is 4.79 Å². The van der Waals surface area contributed by atoms with Gasteiger partial charge in [-0.25, -0.2) is 0 Å². The van der Waals surface area contributed by atoms with Crippen molar-refractivity contribution in [3.8, 4) is 16.9 Å². The largest absolute Gasteiger partial charge is 0.489 e. The second-order valence-corrected chi connectivity index (χ2v) is 6.91. The molecule has 0 aliphatic carbocycles. The van der Waals surface area contributed by atoms with Crippen LogP contribution in [0.4, 0.5) is 5.69 Å². The van der Waals surface area contributed by atoms with E-state index in [1.807, 2.05) is 30.3 Å². The zero-order valence-corrected chi connectivity index (χ0v) is 15.8. The van der Waals surface area contributed by atoms with Gasteiger partial charge in [0.2, 0.25) is 5.91 Å². The van der Waals surface area contributed by atoms with Gasteiger partial charge in [-0.1, -0.05) is 54.6 Å². The third-order valence-corrected chi connectivity index (χ3v) is 4.43. The smallest absolute Gasteiger partial charge is 0.246 e. The molecule has 0 aliphatic rings. The van der Waals surface area contributed by atoms with Crippen LogP contribution in [-0.2, 0) is 11.4 Å². The molecule has 0 bridgehead atoms. The van der Waals surface area contributed by atoms with Gasteiger partial charge in [0.05, 0.1) is 6.61 Å². The van der Waals surface area contributed by atoms with E-state index in [0.717, 1.165) is 5.56 Å². The number of carbonyl (C=O) groups excluding carboxylic acids is 1. The standard InChI is InChI=1S/C23H24N2O3/c1-23(24,16-26)22(27)25-20-11-13-21(14-12-20)28-15-17-7-9-19(10-8-17)18-5-3-2-4-6-18/h2-14,26H,15-16,24H2,1H3,(H,25,27). The number of hydrogen-bond acceptors (Lipinski definition) is 4. The average Bonchev–Trinajstić information content (AvgIpc) is 2.74. The number of aliphatic hydroxyl groups is 1. The number of anilines is 1. The minimum absolute atomic E-state index is 0.427. The number of carbonyl (C=O) groups is 1. The van der Waals surface area contributed by atoms with Crippen LogP contribution < -0.4 is 15.8 Å². The fraction of sp³-hybridized carbons (Fsp3) is 0.174. The van der Waals surface area contributed by atoms with Crippen LogP contribution in [0.5, 0.6) is 5.75 Å². The lowest BCUT2D eigenvalue weighted by Crippen LogP contribution is -2.51. The molecule has 0 saturated carbocycles. The highest BCUT2D eigenvalue weighted by Gasteiger charge is 2.27. The Morgan fingerprint density at radius 3 is 2.18 bits per heavy atom. The van der Waals surface area contributed by atoms with E-state index in [2.05, 4.69) is 29.6 Å². The quantitative estimate of drug-likeness (QED) is 0.588. The minimum atomic E-state index is -1.32. The van der Waals surface area contributed by atoms with Crippen molar-refractivity contribution in [1.29, 1.82) is 0 Å². The summed E-state index contributed by atoms with van der Waals surface area (Å²) in [5, 5.41) is 11.8. The summed E-state index contributed by atoms with van der Waals surface area (Å²) < 4.78 is 5.81. The van der Waals surface area contributed by atoms with Gasteiger partial charge in [-0.05, 0) is 47.9 Å². The van der Waals surface area contributed by atoms with Crippen molar-refractivity contribution in [2.45, 2.75) is 19.1 Å². The molecule has 5 nitrogen and oxygen atoms in total. The van der Waals surface area contributed by atoms with Crippen LogP contribution in [0.25, 0.3) is 11.1 Å². The zero-order chi connectivity index (χ0) is 20.0. The van der Waals surface area contributed by atoms with Crippen LogP contribution in [0.1, 0.15) is 12.5 Å². The molecule has 28 heavy (non-hydrogen) atoms. The summed E-state index contributed by atoms with van der Waals surface area (Å²) >= 11 is 0. The summed E-state index contributed by atoms with van der Waals surface area (Å²) in [5.74, 6) is 0.255. The predicted octanol–water partition coefficient (Wildman–Crippen LogP) is 3.58. The van der Waals surface area contributed by atoms with Gasteiger partial charge < -0.3 is 20.9 Å². The molecule has 0 heterocycles. The molecule has 0 spiro atoms. The summed E-state index contributed by atoms with van der Waals surface area (Å²) in [7, 11) is 0. The van der Waals surface area contributed by atoms with Crippen LogP contribution in [0.2, 0.25) is 0 Å². The number of rotatable bonds is 7. The van der Waals surface area contributed by atoms with Crippen molar-refractivity contribution in [3.63, 3.8) is 0 Å². The minimum Gasteiger partial charge on any atom is -0.489 e. The molecule has 0 aliphatic heterocycles. The first-order valence-electron chi connectivity index (χ1n) is 9.06. The monoisotopic (exact) mass is 376 g/mol. The van der Waals surface area contributed by atoms with Crippen molar-refractivity contribution in [2.24, 2.45) is 5.73 Å². The van der Waals surface area contributed by atoms with Gasteiger partial charge in [-0.2, -0.15) is 0 Å². The summed E-state index contributed by atoms with van der Waals surface area (Å²) in [5.41, 5.74) is 8.40. The molecular weight excluding hydrogens is 352 g/mol. The molecular formula is C23H24N2O3. The lowest BCUT2D eigenvalue weighted by Gasteiger charge is -2.20. The topological polar surface area (TPSA) is 84.6 Å². The molecule has 1 unspecified atom stereocenters. The van der Waals surface area contributed by atoms with Crippen LogP contribution >= 0.6 is 0 Å².